The molecule has 1 rings (SSSR count). The predicted molar refractivity (Wildman–Crippen MR) is 98.1 cm³/mol. The number of ketones is 1. The van der Waals surface area contributed by atoms with Gasteiger partial charge in [0.15, 0.2) is 5.78 Å². The van der Waals surface area contributed by atoms with Crippen LogP contribution in [0.5, 0.6) is 0 Å². The quantitative estimate of drug-likeness (QED) is 0.714. The lowest BCUT2D eigenvalue weighted by Crippen LogP contribution is -2.47. The second kappa shape index (κ2) is 9.74. The Labute approximate surface area is 148 Å². The molecule has 1 heterocycles. The fourth-order valence-corrected chi connectivity index (χ4v) is 3.07. The van der Waals surface area contributed by atoms with Gasteiger partial charge in [-0.15, -0.1) is 11.3 Å². The zero-order valence-corrected chi connectivity index (χ0v) is 16.2. The number of thiazole rings is 1. The second-order valence-corrected chi connectivity index (χ2v) is 7.57. The number of urea groups is 1. The fraction of sp³-hybridized carbons (Fsp3) is 0.706. The molecule has 0 aliphatic carbocycles. The van der Waals surface area contributed by atoms with Crippen molar-refractivity contribution in [2.45, 2.75) is 59.0 Å². The van der Waals surface area contributed by atoms with Crippen molar-refractivity contribution in [3.8, 4) is 0 Å². The van der Waals surface area contributed by atoms with E-state index in [9.17, 15) is 9.59 Å². The van der Waals surface area contributed by atoms with Crippen LogP contribution in [0.3, 0.4) is 0 Å². The van der Waals surface area contributed by atoms with Crippen LogP contribution in [0.15, 0.2) is 5.38 Å². The summed E-state index contributed by atoms with van der Waals surface area (Å²) in [6.07, 6.45) is 1.28. The molecule has 6 nitrogen and oxygen atoms in total. The average molecular weight is 355 g/mol. The minimum absolute atomic E-state index is 0.0425. The van der Waals surface area contributed by atoms with Crippen molar-refractivity contribution in [2.24, 2.45) is 11.7 Å². The third-order valence-corrected chi connectivity index (χ3v) is 4.91. The summed E-state index contributed by atoms with van der Waals surface area (Å²) in [5.74, 6) is 0.304. The Morgan fingerprint density at radius 3 is 2.50 bits per heavy atom. The van der Waals surface area contributed by atoms with E-state index in [2.05, 4.69) is 24.1 Å². The third-order valence-electron chi connectivity index (χ3n) is 3.72. The summed E-state index contributed by atoms with van der Waals surface area (Å²) in [6, 6.07) is -0.740. The summed E-state index contributed by atoms with van der Waals surface area (Å²) in [6.45, 7) is 8.81. The molecule has 3 N–H and O–H groups in total. The first-order valence-electron chi connectivity index (χ1n) is 8.46. The van der Waals surface area contributed by atoms with Gasteiger partial charge in [0.1, 0.15) is 0 Å². The summed E-state index contributed by atoms with van der Waals surface area (Å²) in [7, 11) is 1.71. The maximum atomic E-state index is 12.4. The topological polar surface area (TPSA) is 88.3 Å². The first-order chi connectivity index (χ1) is 11.3. The van der Waals surface area contributed by atoms with Crippen LogP contribution in [0.4, 0.5) is 4.79 Å². The van der Waals surface area contributed by atoms with Crippen LogP contribution in [0.2, 0.25) is 0 Å². The zero-order valence-electron chi connectivity index (χ0n) is 15.3. The van der Waals surface area contributed by atoms with Gasteiger partial charge in [0.25, 0.3) is 0 Å². The normalized spacial score (nSPS) is 12.5. The highest BCUT2D eigenvalue weighted by molar-refractivity contribution is 7.09. The number of Topliss-reactive ketones (excluding diaryl/α,β-unsaturated/α-hetero) is 1. The maximum absolute atomic E-state index is 12.4. The molecule has 24 heavy (non-hydrogen) atoms. The minimum Gasteiger partial charge on any atom is -0.330 e. The molecule has 1 aromatic rings. The van der Waals surface area contributed by atoms with E-state index in [1.165, 1.54) is 0 Å². The summed E-state index contributed by atoms with van der Waals surface area (Å²) in [4.78, 5) is 30.7. The highest BCUT2D eigenvalue weighted by atomic mass is 32.1. The molecule has 0 bridgehead atoms. The highest BCUT2D eigenvalue weighted by Gasteiger charge is 2.24. The van der Waals surface area contributed by atoms with E-state index >= 15 is 0 Å². The Balaban J connectivity index is 2.65. The van der Waals surface area contributed by atoms with Crippen LogP contribution in [0.25, 0.3) is 0 Å². The number of aromatic nitrogens is 1. The first-order valence-corrected chi connectivity index (χ1v) is 9.33. The van der Waals surface area contributed by atoms with Crippen molar-refractivity contribution in [3.05, 3.63) is 16.1 Å². The largest absolute Gasteiger partial charge is 0.330 e. The number of rotatable bonds is 9. The van der Waals surface area contributed by atoms with Crippen molar-refractivity contribution < 1.29 is 9.59 Å². The van der Waals surface area contributed by atoms with Crippen molar-refractivity contribution in [1.82, 2.24) is 15.2 Å². The van der Waals surface area contributed by atoms with Gasteiger partial charge in [0.2, 0.25) is 0 Å². The maximum Gasteiger partial charge on any atom is 0.318 e. The summed E-state index contributed by atoms with van der Waals surface area (Å²) < 4.78 is 0. The van der Waals surface area contributed by atoms with Gasteiger partial charge in [-0.25, -0.2) is 9.78 Å². The molecule has 7 heteroatoms. The number of nitrogens with one attached hydrogen (secondary N) is 1. The van der Waals surface area contributed by atoms with Crippen molar-refractivity contribution in [1.29, 1.82) is 0 Å². The standard InChI is InChI=1S/C17H30N4O2S/c1-11(2)15(22)14(7-6-8-18)20-17(23)21(5)9-13-10-24-16(19-13)12(3)4/h10-12,14H,6-9,18H2,1-5H3,(H,20,23). The van der Waals surface area contributed by atoms with E-state index < -0.39 is 6.04 Å². The van der Waals surface area contributed by atoms with E-state index in [1.54, 1.807) is 23.3 Å². The molecule has 2 amide bonds. The number of carbonyl (C=O) groups is 2. The number of nitrogens with zero attached hydrogens (tertiary/aromatic N) is 2. The molecule has 1 aromatic heterocycles. The van der Waals surface area contributed by atoms with Gasteiger partial charge in [-0.3, -0.25) is 4.79 Å². The monoisotopic (exact) mass is 354 g/mol. The van der Waals surface area contributed by atoms with Crippen molar-refractivity contribution in [2.75, 3.05) is 13.6 Å². The van der Waals surface area contributed by atoms with Crippen LogP contribution >= 0.6 is 11.3 Å². The first kappa shape index (κ1) is 20.6. The van der Waals surface area contributed by atoms with Crippen molar-refractivity contribution in [3.63, 3.8) is 0 Å². The molecule has 1 unspecified atom stereocenters. The summed E-state index contributed by atoms with van der Waals surface area (Å²) in [5, 5.41) is 5.88. The number of nitrogens with two attached hydrogens (primary N) is 1. The molecule has 0 saturated carbocycles. The van der Waals surface area contributed by atoms with Crippen LogP contribution in [0, 0.1) is 5.92 Å². The van der Waals surface area contributed by atoms with E-state index in [0.29, 0.717) is 31.8 Å². The summed E-state index contributed by atoms with van der Waals surface area (Å²) in [5.41, 5.74) is 6.40. The lowest BCUT2D eigenvalue weighted by molar-refractivity contribution is -0.123. The Kier molecular flexibility index (Phi) is 8.35. The molecular weight excluding hydrogens is 324 g/mol. The molecule has 1 atom stereocenters. The average Bonchev–Trinajstić information content (AvgIpc) is 2.99. The van der Waals surface area contributed by atoms with Crippen LogP contribution in [-0.4, -0.2) is 41.3 Å². The smallest absolute Gasteiger partial charge is 0.318 e. The number of carbonyl (C=O) groups excluding carboxylic acids is 2. The van der Waals surface area contributed by atoms with Gasteiger partial charge in [-0.2, -0.15) is 0 Å². The van der Waals surface area contributed by atoms with Gasteiger partial charge < -0.3 is 16.0 Å². The molecule has 0 aliphatic heterocycles. The van der Waals surface area contributed by atoms with Crippen molar-refractivity contribution >= 4 is 23.2 Å². The van der Waals surface area contributed by atoms with E-state index in [4.69, 9.17) is 5.73 Å². The lowest BCUT2D eigenvalue weighted by Gasteiger charge is -2.23. The molecule has 0 spiro atoms. The van der Waals surface area contributed by atoms with Gasteiger partial charge in [0, 0.05) is 24.3 Å². The molecule has 0 aliphatic rings. The highest BCUT2D eigenvalue weighted by Crippen LogP contribution is 2.19. The van der Waals surface area contributed by atoms with Gasteiger partial charge in [-0.05, 0) is 19.4 Å². The predicted octanol–water partition coefficient (Wildman–Crippen LogP) is 2.74. The van der Waals surface area contributed by atoms with Crippen LogP contribution in [-0.2, 0) is 11.3 Å². The number of hydrogen-bond donors (Lipinski definition) is 2. The number of hydrogen-bond acceptors (Lipinski definition) is 5. The Morgan fingerprint density at radius 2 is 2.00 bits per heavy atom. The van der Waals surface area contributed by atoms with Crippen LogP contribution in [0.1, 0.15) is 57.2 Å². The van der Waals surface area contributed by atoms with Crippen LogP contribution < -0.4 is 11.1 Å². The van der Waals surface area contributed by atoms with E-state index in [0.717, 1.165) is 10.7 Å². The van der Waals surface area contributed by atoms with E-state index in [1.807, 2.05) is 19.2 Å². The molecule has 136 valence electrons. The molecular formula is C17H30N4O2S. The lowest BCUT2D eigenvalue weighted by atomic mass is 9.98. The third kappa shape index (κ3) is 6.20. The molecule has 0 fully saturated rings. The van der Waals surface area contributed by atoms with Gasteiger partial charge >= 0.3 is 6.03 Å². The molecule has 0 saturated heterocycles. The van der Waals surface area contributed by atoms with E-state index in [-0.39, 0.29) is 17.7 Å². The number of amides is 2. The fourth-order valence-electron chi connectivity index (χ4n) is 2.24. The van der Waals surface area contributed by atoms with Gasteiger partial charge in [-0.1, -0.05) is 27.7 Å². The zero-order chi connectivity index (χ0) is 18.3. The Morgan fingerprint density at radius 1 is 1.33 bits per heavy atom. The Hall–Kier alpha value is -1.47. The molecule has 0 radical (unpaired) electrons. The Bertz CT molecular complexity index is 542. The molecule has 0 aromatic carbocycles. The summed E-state index contributed by atoms with van der Waals surface area (Å²) >= 11 is 1.61. The van der Waals surface area contributed by atoms with Gasteiger partial charge in [0.05, 0.1) is 23.3 Å². The SMILES string of the molecule is CC(C)C(=O)C(CCCN)NC(=O)N(C)Cc1csc(C(C)C)n1. The second-order valence-electron chi connectivity index (χ2n) is 6.68. The minimum atomic E-state index is -0.481.